The summed E-state index contributed by atoms with van der Waals surface area (Å²) in [5, 5.41) is 17.4. The van der Waals surface area contributed by atoms with E-state index in [0.717, 1.165) is 22.4 Å². The lowest BCUT2D eigenvalue weighted by Crippen LogP contribution is -2.30. The third-order valence-electron chi connectivity index (χ3n) is 4.36. The number of rotatable bonds is 3. The fourth-order valence-corrected chi connectivity index (χ4v) is 2.95. The molecule has 2 N–H and O–H groups in total. The van der Waals surface area contributed by atoms with E-state index >= 15 is 0 Å². The summed E-state index contributed by atoms with van der Waals surface area (Å²) in [6.45, 7) is 5.93. The average Bonchev–Trinajstić information content (AvgIpc) is 2.93. The van der Waals surface area contributed by atoms with Gasteiger partial charge < -0.3 is 10.4 Å². The summed E-state index contributed by atoms with van der Waals surface area (Å²) in [7, 11) is 0. The van der Waals surface area contributed by atoms with Crippen LogP contribution in [0.25, 0.3) is 11.1 Å². The SMILES string of the molecule is C[C@@H]1CC(=O)Cc2cccc(-c3cnn(C(C)(C)CO)c3)c2N1. The molecular formula is C18H23N3O2. The molecule has 1 atom stereocenters. The van der Waals surface area contributed by atoms with Crippen LogP contribution in [0.3, 0.4) is 0 Å². The second-order valence-electron chi connectivity index (χ2n) is 6.95. The predicted octanol–water partition coefficient (Wildman–Crippen LogP) is 2.59. The molecule has 23 heavy (non-hydrogen) atoms. The Labute approximate surface area is 136 Å². The molecule has 0 unspecified atom stereocenters. The van der Waals surface area contributed by atoms with Crippen molar-refractivity contribution in [3.63, 3.8) is 0 Å². The normalized spacial score (nSPS) is 18.3. The van der Waals surface area contributed by atoms with Gasteiger partial charge in [-0.1, -0.05) is 18.2 Å². The number of ketones is 1. The highest BCUT2D eigenvalue weighted by Crippen LogP contribution is 2.34. The van der Waals surface area contributed by atoms with Crippen molar-refractivity contribution in [2.75, 3.05) is 11.9 Å². The maximum atomic E-state index is 12.0. The van der Waals surface area contributed by atoms with Crippen molar-refractivity contribution in [2.24, 2.45) is 0 Å². The molecule has 1 aromatic carbocycles. The van der Waals surface area contributed by atoms with E-state index in [4.69, 9.17) is 0 Å². The Bertz CT molecular complexity index is 734. The quantitative estimate of drug-likeness (QED) is 0.914. The fraction of sp³-hybridized carbons (Fsp3) is 0.444. The van der Waals surface area contributed by atoms with Crippen LogP contribution in [0.4, 0.5) is 5.69 Å². The van der Waals surface area contributed by atoms with Gasteiger partial charge in [-0.15, -0.1) is 0 Å². The van der Waals surface area contributed by atoms with Crippen molar-refractivity contribution >= 4 is 11.5 Å². The van der Waals surface area contributed by atoms with Crippen LogP contribution >= 0.6 is 0 Å². The van der Waals surface area contributed by atoms with E-state index in [1.807, 2.05) is 51.4 Å². The van der Waals surface area contributed by atoms with Crippen LogP contribution in [-0.4, -0.2) is 33.3 Å². The Kier molecular flexibility index (Phi) is 3.98. The number of aliphatic hydroxyl groups is 1. The topological polar surface area (TPSA) is 67.2 Å². The number of para-hydroxylation sites is 1. The summed E-state index contributed by atoms with van der Waals surface area (Å²) >= 11 is 0. The fourth-order valence-electron chi connectivity index (χ4n) is 2.95. The minimum Gasteiger partial charge on any atom is -0.394 e. The van der Waals surface area contributed by atoms with Crippen molar-refractivity contribution in [1.29, 1.82) is 0 Å². The smallest absolute Gasteiger partial charge is 0.139 e. The van der Waals surface area contributed by atoms with Crippen molar-refractivity contribution in [1.82, 2.24) is 9.78 Å². The van der Waals surface area contributed by atoms with E-state index in [-0.39, 0.29) is 18.4 Å². The number of Topliss-reactive ketones (excluding diaryl/α,β-unsaturated/α-hetero) is 1. The number of aromatic nitrogens is 2. The summed E-state index contributed by atoms with van der Waals surface area (Å²) in [6.07, 6.45) is 4.78. The number of carbonyl (C=O) groups is 1. The Morgan fingerprint density at radius 1 is 1.43 bits per heavy atom. The monoisotopic (exact) mass is 313 g/mol. The summed E-state index contributed by atoms with van der Waals surface area (Å²) in [4.78, 5) is 12.0. The lowest BCUT2D eigenvalue weighted by atomic mass is 10.00. The minimum absolute atomic E-state index is 0.0187. The first-order valence-electron chi connectivity index (χ1n) is 7.97. The van der Waals surface area contributed by atoms with E-state index in [0.29, 0.717) is 12.8 Å². The molecule has 0 aliphatic carbocycles. The second kappa shape index (κ2) is 5.81. The second-order valence-corrected chi connectivity index (χ2v) is 6.95. The highest BCUT2D eigenvalue weighted by Gasteiger charge is 2.23. The summed E-state index contributed by atoms with van der Waals surface area (Å²) < 4.78 is 1.78. The van der Waals surface area contributed by atoms with Crippen LogP contribution in [0.5, 0.6) is 0 Å². The van der Waals surface area contributed by atoms with Crippen LogP contribution in [0.2, 0.25) is 0 Å². The van der Waals surface area contributed by atoms with Crippen molar-refractivity contribution in [2.45, 2.75) is 45.2 Å². The molecule has 0 fully saturated rings. The van der Waals surface area contributed by atoms with Gasteiger partial charge in [0, 0.05) is 41.9 Å². The molecule has 0 spiro atoms. The number of anilines is 1. The van der Waals surface area contributed by atoms with E-state index in [9.17, 15) is 9.90 Å². The van der Waals surface area contributed by atoms with Gasteiger partial charge in [0.05, 0.1) is 18.3 Å². The summed E-state index contributed by atoms with van der Waals surface area (Å²) in [6, 6.07) is 6.15. The molecule has 3 rings (SSSR count). The molecule has 122 valence electrons. The highest BCUT2D eigenvalue weighted by atomic mass is 16.3. The predicted molar refractivity (Wildman–Crippen MR) is 90.5 cm³/mol. The number of aliphatic hydroxyl groups excluding tert-OH is 1. The first kappa shape index (κ1) is 15.7. The number of fused-ring (bicyclic) bond motifs is 1. The number of carbonyl (C=O) groups excluding carboxylic acids is 1. The van der Waals surface area contributed by atoms with Gasteiger partial charge in [0.25, 0.3) is 0 Å². The lowest BCUT2D eigenvalue weighted by Gasteiger charge is -2.22. The molecule has 1 aliphatic heterocycles. The van der Waals surface area contributed by atoms with Crippen LogP contribution in [-0.2, 0) is 16.8 Å². The molecule has 0 amide bonds. The largest absolute Gasteiger partial charge is 0.394 e. The van der Waals surface area contributed by atoms with Crippen molar-refractivity contribution < 1.29 is 9.90 Å². The molecule has 0 saturated carbocycles. The molecule has 2 aromatic rings. The average molecular weight is 313 g/mol. The van der Waals surface area contributed by atoms with Gasteiger partial charge in [-0.25, -0.2) is 0 Å². The zero-order valence-electron chi connectivity index (χ0n) is 13.8. The third-order valence-corrected chi connectivity index (χ3v) is 4.36. The molecule has 0 bridgehead atoms. The maximum Gasteiger partial charge on any atom is 0.139 e. The molecule has 0 radical (unpaired) electrons. The standard InChI is InChI=1S/C18H23N3O2/c1-12-7-15(23)8-13-5-4-6-16(17(13)20-12)14-9-19-21(10-14)18(2,3)11-22/h4-6,9-10,12,20,22H,7-8,11H2,1-3H3/t12-/m1/s1. The van der Waals surface area contributed by atoms with Crippen LogP contribution in [0, 0.1) is 0 Å². The molecule has 1 aromatic heterocycles. The van der Waals surface area contributed by atoms with Crippen LogP contribution in [0.15, 0.2) is 30.6 Å². The van der Waals surface area contributed by atoms with Gasteiger partial charge in [0.15, 0.2) is 0 Å². The van der Waals surface area contributed by atoms with Crippen molar-refractivity contribution in [3.8, 4) is 11.1 Å². The zero-order chi connectivity index (χ0) is 16.6. The molecule has 0 saturated heterocycles. The van der Waals surface area contributed by atoms with Gasteiger partial charge in [-0.05, 0) is 26.3 Å². The molecule has 5 nitrogen and oxygen atoms in total. The molecule has 2 heterocycles. The number of hydrogen-bond acceptors (Lipinski definition) is 4. The van der Waals surface area contributed by atoms with E-state index < -0.39 is 5.54 Å². The maximum absolute atomic E-state index is 12.0. The molecule has 1 aliphatic rings. The van der Waals surface area contributed by atoms with Gasteiger partial charge in [0.1, 0.15) is 5.78 Å². The number of hydrogen-bond donors (Lipinski definition) is 2. The number of nitrogens with one attached hydrogen (secondary N) is 1. The lowest BCUT2D eigenvalue weighted by molar-refractivity contribution is -0.118. The first-order chi connectivity index (χ1) is 10.9. The Balaban J connectivity index is 2.05. The molecule has 5 heteroatoms. The van der Waals surface area contributed by atoms with Crippen LogP contribution < -0.4 is 5.32 Å². The third kappa shape index (κ3) is 3.01. The first-order valence-corrected chi connectivity index (χ1v) is 7.97. The van der Waals surface area contributed by atoms with E-state index in [2.05, 4.69) is 10.4 Å². The summed E-state index contributed by atoms with van der Waals surface area (Å²) in [5.74, 6) is 0.262. The van der Waals surface area contributed by atoms with Crippen LogP contribution in [0.1, 0.15) is 32.8 Å². The highest BCUT2D eigenvalue weighted by molar-refractivity contribution is 5.89. The number of benzene rings is 1. The van der Waals surface area contributed by atoms with Gasteiger partial charge in [-0.3, -0.25) is 9.48 Å². The molecular weight excluding hydrogens is 290 g/mol. The minimum atomic E-state index is -0.444. The van der Waals surface area contributed by atoms with E-state index in [1.54, 1.807) is 4.68 Å². The van der Waals surface area contributed by atoms with Gasteiger partial charge in [-0.2, -0.15) is 5.10 Å². The van der Waals surface area contributed by atoms with Gasteiger partial charge >= 0.3 is 0 Å². The Morgan fingerprint density at radius 3 is 2.96 bits per heavy atom. The Morgan fingerprint density at radius 2 is 2.22 bits per heavy atom. The summed E-state index contributed by atoms with van der Waals surface area (Å²) in [5.41, 5.74) is 3.64. The van der Waals surface area contributed by atoms with Crippen molar-refractivity contribution in [3.05, 3.63) is 36.2 Å². The zero-order valence-corrected chi connectivity index (χ0v) is 13.8. The van der Waals surface area contributed by atoms with Gasteiger partial charge in [0.2, 0.25) is 0 Å². The Hall–Kier alpha value is -2.14. The number of nitrogens with zero attached hydrogens (tertiary/aromatic N) is 2. The van der Waals surface area contributed by atoms with E-state index in [1.165, 1.54) is 0 Å².